The lowest BCUT2D eigenvalue weighted by Gasteiger charge is -2.15. The van der Waals surface area contributed by atoms with Crippen molar-refractivity contribution in [1.29, 1.82) is 0 Å². The monoisotopic (exact) mass is 373 g/mol. The highest BCUT2D eigenvalue weighted by Crippen LogP contribution is 2.28. The molecule has 0 aliphatic rings. The summed E-state index contributed by atoms with van der Waals surface area (Å²) in [5.41, 5.74) is 0.395. The number of benzene rings is 1. The number of rotatable bonds is 5. The number of methoxy groups -OCH3 is 1. The first-order valence-corrected chi connectivity index (χ1v) is 8.08. The minimum absolute atomic E-state index is 0.329. The van der Waals surface area contributed by atoms with Gasteiger partial charge in [-0.2, -0.15) is 0 Å². The van der Waals surface area contributed by atoms with Crippen LogP contribution in [0.25, 0.3) is 0 Å². The van der Waals surface area contributed by atoms with Gasteiger partial charge in [-0.1, -0.05) is 23.2 Å². The number of thiophene rings is 1. The summed E-state index contributed by atoms with van der Waals surface area (Å²) in [6.45, 7) is 1.47. The minimum Gasteiger partial charge on any atom is -0.495 e. The van der Waals surface area contributed by atoms with Crippen LogP contribution < -0.4 is 10.1 Å². The molecule has 1 N–H and O–H groups in total. The van der Waals surface area contributed by atoms with Crippen molar-refractivity contribution in [1.82, 2.24) is 0 Å². The van der Waals surface area contributed by atoms with Crippen LogP contribution in [0.3, 0.4) is 0 Å². The lowest BCUT2D eigenvalue weighted by atomic mass is 10.2. The molecule has 1 heterocycles. The van der Waals surface area contributed by atoms with Crippen molar-refractivity contribution >= 4 is 52.1 Å². The zero-order valence-corrected chi connectivity index (χ0v) is 14.6. The molecule has 1 aromatic heterocycles. The number of carbonyl (C=O) groups is 2. The second-order valence-corrected chi connectivity index (χ2v) is 6.64. The molecule has 23 heavy (non-hydrogen) atoms. The average Bonchev–Trinajstić information content (AvgIpc) is 2.94. The summed E-state index contributed by atoms with van der Waals surface area (Å²) in [6.07, 6.45) is -0.993. The predicted molar refractivity (Wildman–Crippen MR) is 90.8 cm³/mol. The van der Waals surface area contributed by atoms with Gasteiger partial charge in [0.15, 0.2) is 6.10 Å². The van der Waals surface area contributed by atoms with E-state index in [0.29, 0.717) is 25.7 Å². The molecule has 0 aliphatic carbocycles. The molecule has 1 amide bonds. The van der Waals surface area contributed by atoms with Gasteiger partial charge in [0.05, 0.1) is 17.1 Å². The van der Waals surface area contributed by atoms with Crippen molar-refractivity contribution in [2.24, 2.45) is 0 Å². The maximum atomic E-state index is 12.2. The first-order valence-electron chi connectivity index (χ1n) is 6.51. The molecule has 122 valence electrons. The van der Waals surface area contributed by atoms with Crippen LogP contribution in [-0.2, 0) is 9.53 Å². The molecule has 2 rings (SSSR count). The topological polar surface area (TPSA) is 64.6 Å². The third-order valence-corrected chi connectivity index (χ3v) is 4.29. The standard InChI is InChI=1S/C15H13Cl2NO4S/c1-8(22-15(20)12-5-6-13(17)23-12)14(19)18-10-7-9(16)3-4-11(10)21-2/h3-8H,1-2H3,(H,18,19)/t8-/m0/s1. The molecule has 0 unspecified atom stereocenters. The Labute approximate surface area is 147 Å². The van der Waals surface area contributed by atoms with Gasteiger partial charge in [-0.15, -0.1) is 11.3 Å². The third-order valence-electron chi connectivity index (χ3n) is 2.85. The molecule has 0 bridgehead atoms. The van der Waals surface area contributed by atoms with Crippen LogP contribution >= 0.6 is 34.5 Å². The Bertz CT molecular complexity index is 732. The summed E-state index contributed by atoms with van der Waals surface area (Å²) < 4.78 is 10.7. The number of amides is 1. The lowest BCUT2D eigenvalue weighted by molar-refractivity contribution is -0.123. The highest BCUT2D eigenvalue weighted by atomic mass is 35.5. The number of halogens is 2. The van der Waals surface area contributed by atoms with Crippen molar-refractivity contribution in [3.05, 3.63) is 44.6 Å². The van der Waals surface area contributed by atoms with E-state index in [1.807, 2.05) is 0 Å². The number of hydrogen-bond acceptors (Lipinski definition) is 5. The van der Waals surface area contributed by atoms with Crippen molar-refractivity contribution < 1.29 is 19.1 Å². The predicted octanol–water partition coefficient (Wildman–Crippen LogP) is 4.25. The smallest absolute Gasteiger partial charge is 0.349 e. The van der Waals surface area contributed by atoms with Crippen molar-refractivity contribution in [2.75, 3.05) is 12.4 Å². The first kappa shape index (κ1) is 17.6. The summed E-state index contributed by atoms with van der Waals surface area (Å²) in [5.74, 6) is -0.657. The van der Waals surface area contributed by atoms with Gasteiger partial charge in [-0.3, -0.25) is 4.79 Å². The van der Waals surface area contributed by atoms with Gasteiger partial charge in [-0.05, 0) is 37.3 Å². The van der Waals surface area contributed by atoms with Crippen LogP contribution in [0.1, 0.15) is 16.6 Å². The first-order chi connectivity index (χ1) is 10.9. The molecule has 5 nitrogen and oxygen atoms in total. The summed E-state index contributed by atoms with van der Waals surface area (Å²) in [5, 5.41) is 3.06. The van der Waals surface area contributed by atoms with Gasteiger partial charge in [0.2, 0.25) is 0 Å². The Hall–Kier alpha value is -1.76. The number of nitrogens with one attached hydrogen (secondary N) is 1. The highest BCUT2D eigenvalue weighted by molar-refractivity contribution is 7.17. The van der Waals surface area contributed by atoms with Gasteiger partial charge in [0, 0.05) is 5.02 Å². The van der Waals surface area contributed by atoms with Gasteiger partial charge in [0.1, 0.15) is 10.6 Å². The van der Waals surface area contributed by atoms with Crippen molar-refractivity contribution in [2.45, 2.75) is 13.0 Å². The van der Waals surface area contributed by atoms with Crippen LogP contribution in [0.5, 0.6) is 5.75 Å². The Morgan fingerprint density at radius 3 is 2.57 bits per heavy atom. The van der Waals surface area contributed by atoms with E-state index in [2.05, 4.69) is 5.32 Å². The summed E-state index contributed by atoms with van der Waals surface area (Å²) in [7, 11) is 1.48. The van der Waals surface area contributed by atoms with Crippen LogP contribution in [-0.4, -0.2) is 25.1 Å². The zero-order chi connectivity index (χ0) is 17.0. The quantitative estimate of drug-likeness (QED) is 0.795. The van der Waals surface area contributed by atoms with Gasteiger partial charge >= 0.3 is 5.97 Å². The van der Waals surface area contributed by atoms with E-state index < -0.39 is 18.0 Å². The number of carbonyl (C=O) groups excluding carboxylic acids is 2. The maximum Gasteiger partial charge on any atom is 0.349 e. The van der Waals surface area contributed by atoms with E-state index in [1.165, 1.54) is 14.0 Å². The number of anilines is 1. The van der Waals surface area contributed by atoms with Gasteiger partial charge in [-0.25, -0.2) is 4.79 Å². The minimum atomic E-state index is -0.993. The third kappa shape index (κ3) is 4.60. The number of esters is 1. The summed E-state index contributed by atoms with van der Waals surface area (Å²) >= 11 is 12.7. The molecule has 0 saturated carbocycles. The Morgan fingerprint density at radius 2 is 1.96 bits per heavy atom. The SMILES string of the molecule is COc1ccc(Cl)cc1NC(=O)[C@H](C)OC(=O)c1ccc(Cl)s1. The Kier molecular flexibility index (Phi) is 5.87. The molecule has 2 aromatic rings. The lowest BCUT2D eigenvalue weighted by Crippen LogP contribution is -2.29. The van der Waals surface area contributed by atoms with E-state index in [-0.39, 0.29) is 0 Å². The molecule has 1 aromatic carbocycles. The van der Waals surface area contributed by atoms with E-state index in [0.717, 1.165) is 11.3 Å². The highest BCUT2D eigenvalue weighted by Gasteiger charge is 2.21. The zero-order valence-electron chi connectivity index (χ0n) is 12.3. The molecule has 0 spiro atoms. The van der Waals surface area contributed by atoms with Crippen LogP contribution in [0, 0.1) is 0 Å². The Balaban J connectivity index is 2.03. The van der Waals surface area contributed by atoms with Gasteiger partial charge in [0.25, 0.3) is 5.91 Å². The fourth-order valence-corrected chi connectivity index (χ4v) is 2.81. The fraction of sp³-hybridized carbons (Fsp3) is 0.200. The second kappa shape index (κ2) is 7.68. The second-order valence-electron chi connectivity index (χ2n) is 4.49. The largest absolute Gasteiger partial charge is 0.495 e. The van der Waals surface area contributed by atoms with Gasteiger partial charge < -0.3 is 14.8 Å². The average molecular weight is 374 g/mol. The van der Waals surface area contributed by atoms with E-state index >= 15 is 0 Å². The molecule has 1 atom stereocenters. The molecule has 0 radical (unpaired) electrons. The van der Waals surface area contributed by atoms with Crippen LogP contribution in [0.15, 0.2) is 30.3 Å². The van der Waals surface area contributed by atoms with Crippen LogP contribution in [0.4, 0.5) is 5.69 Å². The van der Waals surface area contributed by atoms with Crippen molar-refractivity contribution in [3.8, 4) is 5.75 Å². The molecular formula is C15H13Cl2NO4S. The molecule has 0 aliphatic heterocycles. The van der Waals surface area contributed by atoms with Crippen molar-refractivity contribution in [3.63, 3.8) is 0 Å². The van der Waals surface area contributed by atoms with E-state index in [1.54, 1.807) is 30.3 Å². The number of ether oxygens (including phenoxy) is 2. The van der Waals surface area contributed by atoms with E-state index in [4.69, 9.17) is 32.7 Å². The fourth-order valence-electron chi connectivity index (χ4n) is 1.71. The molecular weight excluding hydrogens is 361 g/mol. The summed E-state index contributed by atoms with van der Waals surface area (Å²) in [4.78, 5) is 24.4. The van der Waals surface area contributed by atoms with Crippen LogP contribution in [0.2, 0.25) is 9.36 Å². The maximum absolute atomic E-state index is 12.2. The Morgan fingerprint density at radius 1 is 1.22 bits per heavy atom. The number of hydrogen-bond donors (Lipinski definition) is 1. The summed E-state index contributed by atoms with van der Waals surface area (Å²) in [6, 6.07) is 7.94. The normalized spacial score (nSPS) is 11.7. The van der Waals surface area contributed by atoms with E-state index in [9.17, 15) is 9.59 Å². The molecule has 0 saturated heterocycles. The molecule has 8 heteroatoms. The molecule has 0 fully saturated rings.